The summed E-state index contributed by atoms with van der Waals surface area (Å²) in [7, 11) is 1.56. The number of rotatable bonds is 5. The molecule has 0 radical (unpaired) electrons. The van der Waals surface area contributed by atoms with E-state index >= 15 is 0 Å². The highest BCUT2D eigenvalue weighted by molar-refractivity contribution is 6.05. The van der Waals surface area contributed by atoms with Gasteiger partial charge in [-0.3, -0.25) is 4.79 Å². The van der Waals surface area contributed by atoms with Crippen molar-refractivity contribution >= 4 is 11.5 Å². The van der Waals surface area contributed by atoms with Crippen molar-refractivity contribution in [3.05, 3.63) is 107 Å². The van der Waals surface area contributed by atoms with Crippen LogP contribution >= 0.6 is 0 Å². The monoisotopic (exact) mass is 407 g/mol. The Bertz CT molecular complexity index is 1110. The van der Waals surface area contributed by atoms with E-state index in [0.29, 0.717) is 22.4 Å². The van der Waals surface area contributed by atoms with Crippen LogP contribution in [0.25, 0.3) is 5.57 Å². The number of carbonyl (C=O) groups is 1. The van der Waals surface area contributed by atoms with Gasteiger partial charge in [0.2, 0.25) is 0 Å². The fourth-order valence-corrected chi connectivity index (χ4v) is 3.70. The maximum absolute atomic E-state index is 13.5. The second-order valence-corrected chi connectivity index (χ2v) is 7.01. The molecule has 0 bridgehead atoms. The second kappa shape index (κ2) is 7.99. The largest absolute Gasteiger partial charge is 0.503 e. The van der Waals surface area contributed by atoms with E-state index < -0.39 is 29.3 Å². The summed E-state index contributed by atoms with van der Waals surface area (Å²) in [5, 5.41) is 10.7. The van der Waals surface area contributed by atoms with E-state index in [0.717, 1.165) is 5.56 Å². The Kier molecular flexibility index (Phi) is 5.23. The van der Waals surface area contributed by atoms with Crippen molar-refractivity contribution in [2.45, 2.75) is 12.6 Å². The van der Waals surface area contributed by atoms with Gasteiger partial charge >= 0.3 is 0 Å². The van der Waals surface area contributed by atoms with Gasteiger partial charge in [-0.15, -0.1) is 0 Å². The van der Waals surface area contributed by atoms with Gasteiger partial charge in [-0.2, -0.15) is 0 Å². The van der Waals surface area contributed by atoms with E-state index in [9.17, 15) is 18.7 Å². The summed E-state index contributed by atoms with van der Waals surface area (Å²) in [6, 6.07) is 18.0. The van der Waals surface area contributed by atoms with Crippen molar-refractivity contribution < 1.29 is 23.4 Å². The summed E-state index contributed by atoms with van der Waals surface area (Å²) in [5.41, 5.74) is 2.32. The van der Waals surface area contributed by atoms with Gasteiger partial charge in [0.05, 0.1) is 13.2 Å². The molecule has 1 aliphatic rings. The molecule has 1 unspecified atom stereocenters. The number of methoxy groups -OCH3 is 1. The molecule has 1 amide bonds. The zero-order valence-corrected chi connectivity index (χ0v) is 16.2. The minimum atomic E-state index is -0.658. The van der Waals surface area contributed by atoms with Gasteiger partial charge in [-0.05, 0) is 53.1 Å². The molecule has 0 spiro atoms. The van der Waals surface area contributed by atoms with Crippen LogP contribution < -0.4 is 4.74 Å². The quantitative estimate of drug-likeness (QED) is 0.646. The van der Waals surface area contributed by atoms with Gasteiger partial charge in [0.1, 0.15) is 17.4 Å². The fraction of sp³-hybridized carbons (Fsp3) is 0.125. The van der Waals surface area contributed by atoms with Gasteiger partial charge in [0.15, 0.2) is 5.76 Å². The van der Waals surface area contributed by atoms with Crippen molar-refractivity contribution in [3.63, 3.8) is 0 Å². The SMILES string of the molecule is COc1cccc(CN2C(=O)C(O)=C(c3ccc(F)cc3)C2c2ccc(F)cc2)c1. The Morgan fingerprint density at radius 2 is 1.60 bits per heavy atom. The Morgan fingerprint density at radius 3 is 2.23 bits per heavy atom. The number of nitrogens with zero attached hydrogens (tertiary/aromatic N) is 1. The highest BCUT2D eigenvalue weighted by Crippen LogP contribution is 2.43. The zero-order valence-electron chi connectivity index (χ0n) is 16.2. The molecule has 0 aliphatic carbocycles. The predicted molar refractivity (Wildman–Crippen MR) is 109 cm³/mol. The van der Waals surface area contributed by atoms with Crippen LogP contribution in [-0.4, -0.2) is 23.0 Å². The average Bonchev–Trinajstić information content (AvgIpc) is 3.00. The maximum Gasteiger partial charge on any atom is 0.290 e. The van der Waals surface area contributed by atoms with Crippen molar-refractivity contribution in [1.29, 1.82) is 0 Å². The molecular formula is C24H19F2NO3. The Labute approximate surface area is 172 Å². The second-order valence-electron chi connectivity index (χ2n) is 7.01. The molecule has 0 saturated carbocycles. The number of ether oxygens (including phenoxy) is 1. The molecule has 3 aromatic carbocycles. The molecule has 152 valence electrons. The van der Waals surface area contributed by atoms with Gasteiger partial charge in [0.25, 0.3) is 5.91 Å². The van der Waals surface area contributed by atoms with Crippen LogP contribution in [0.15, 0.2) is 78.6 Å². The lowest BCUT2D eigenvalue weighted by Gasteiger charge is -2.27. The summed E-state index contributed by atoms with van der Waals surface area (Å²) in [4.78, 5) is 14.5. The molecule has 3 aromatic rings. The molecule has 0 aromatic heterocycles. The number of hydrogen-bond acceptors (Lipinski definition) is 3. The molecule has 4 nitrogen and oxygen atoms in total. The van der Waals surface area contributed by atoms with E-state index in [1.165, 1.54) is 41.3 Å². The molecular weight excluding hydrogens is 388 g/mol. The lowest BCUT2D eigenvalue weighted by atomic mass is 9.93. The van der Waals surface area contributed by atoms with E-state index in [1.807, 2.05) is 18.2 Å². The van der Waals surface area contributed by atoms with Gasteiger partial charge in [-0.25, -0.2) is 8.78 Å². The molecule has 6 heteroatoms. The van der Waals surface area contributed by atoms with E-state index in [-0.39, 0.29) is 6.54 Å². The minimum Gasteiger partial charge on any atom is -0.503 e. The summed E-state index contributed by atoms with van der Waals surface area (Å²) >= 11 is 0. The Hall–Kier alpha value is -3.67. The number of amides is 1. The third-order valence-electron chi connectivity index (χ3n) is 5.13. The third-order valence-corrected chi connectivity index (χ3v) is 5.13. The van der Waals surface area contributed by atoms with Gasteiger partial charge < -0.3 is 14.7 Å². The predicted octanol–water partition coefficient (Wildman–Crippen LogP) is 5.03. The summed E-state index contributed by atoms with van der Waals surface area (Å²) in [5.74, 6) is -1.13. The number of aliphatic hydroxyl groups excluding tert-OH is 1. The number of benzene rings is 3. The van der Waals surface area contributed by atoms with Crippen LogP contribution in [0, 0.1) is 11.6 Å². The zero-order chi connectivity index (χ0) is 21.3. The molecule has 0 saturated heterocycles. The molecule has 4 rings (SSSR count). The van der Waals surface area contributed by atoms with E-state index in [4.69, 9.17) is 4.74 Å². The first kappa shape index (κ1) is 19.6. The highest BCUT2D eigenvalue weighted by Gasteiger charge is 2.41. The van der Waals surface area contributed by atoms with E-state index in [1.54, 1.807) is 25.3 Å². The lowest BCUT2D eigenvalue weighted by molar-refractivity contribution is -0.130. The Balaban J connectivity index is 1.79. The third kappa shape index (κ3) is 3.64. The average molecular weight is 407 g/mol. The van der Waals surface area contributed by atoms with Crippen LogP contribution in [0.2, 0.25) is 0 Å². The fourth-order valence-electron chi connectivity index (χ4n) is 3.70. The van der Waals surface area contributed by atoms with Gasteiger partial charge in [-0.1, -0.05) is 36.4 Å². The molecule has 1 aliphatic heterocycles. The van der Waals surface area contributed by atoms with Crippen LogP contribution in [0.1, 0.15) is 22.7 Å². The summed E-state index contributed by atoms with van der Waals surface area (Å²) in [6.07, 6.45) is 0. The molecule has 1 heterocycles. The first-order chi connectivity index (χ1) is 14.5. The Morgan fingerprint density at radius 1 is 0.967 bits per heavy atom. The molecule has 30 heavy (non-hydrogen) atoms. The molecule has 0 fully saturated rings. The topological polar surface area (TPSA) is 49.8 Å². The lowest BCUT2D eigenvalue weighted by Crippen LogP contribution is -2.29. The first-order valence-electron chi connectivity index (χ1n) is 9.36. The van der Waals surface area contributed by atoms with Crippen LogP contribution in [0.4, 0.5) is 8.78 Å². The molecule has 1 N–H and O–H groups in total. The van der Waals surface area contributed by atoms with Crippen LogP contribution in [0.5, 0.6) is 5.75 Å². The van der Waals surface area contributed by atoms with Crippen molar-refractivity contribution in [2.75, 3.05) is 7.11 Å². The standard InChI is InChI=1S/C24H19F2NO3/c1-30-20-4-2-3-15(13-20)14-27-22(17-7-11-19(26)12-8-17)21(23(28)24(27)29)16-5-9-18(25)10-6-16/h2-13,22,28H,14H2,1H3. The van der Waals surface area contributed by atoms with Crippen molar-refractivity contribution in [3.8, 4) is 5.75 Å². The van der Waals surface area contributed by atoms with Crippen molar-refractivity contribution in [1.82, 2.24) is 4.90 Å². The number of hydrogen-bond donors (Lipinski definition) is 1. The summed E-state index contributed by atoms with van der Waals surface area (Å²) < 4.78 is 32.2. The van der Waals surface area contributed by atoms with Crippen LogP contribution in [-0.2, 0) is 11.3 Å². The van der Waals surface area contributed by atoms with E-state index in [2.05, 4.69) is 0 Å². The first-order valence-corrected chi connectivity index (χ1v) is 9.36. The summed E-state index contributed by atoms with van der Waals surface area (Å²) in [6.45, 7) is 0.201. The van der Waals surface area contributed by atoms with Crippen molar-refractivity contribution in [2.24, 2.45) is 0 Å². The normalized spacial score (nSPS) is 16.3. The number of halogens is 2. The van der Waals surface area contributed by atoms with Crippen LogP contribution in [0.3, 0.4) is 0 Å². The minimum absolute atomic E-state index is 0.201. The highest BCUT2D eigenvalue weighted by atomic mass is 19.1. The van der Waals surface area contributed by atoms with Gasteiger partial charge in [0, 0.05) is 12.1 Å². The number of carbonyl (C=O) groups excluding carboxylic acids is 1. The number of aliphatic hydroxyl groups is 1. The molecule has 1 atom stereocenters. The smallest absolute Gasteiger partial charge is 0.290 e. The maximum atomic E-state index is 13.5.